The topological polar surface area (TPSA) is 59.2 Å². The third-order valence-corrected chi connectivity index (χ3v) is 3.64. The van der Waals surface area contributed by atoms with Crippen molar-refractivity contribution in [2.75, 3.05) is 6.54 Å². The third-order valence-electron chi connectivity index (χ3n) is 3.64. The molecule has 2 aromatic heterocycles. The van der Waals surface area contributed by atoms with Gasteiger partial charge in [-0.25, -0.2) is 0 Å². The first kappa shape index (κ1) is 12.8. The number of carbonyl (C=O) groups excluding carboxylic acids is 1. The zero-order valence-electron chi connectivity index (χ0n) is 11.5. The number of hydrogen-bond donors (Lipinski definition) is 0. The molecule has 1 amide bonds. The molecule has 1 unspecified atom stereocenters. The molecular weight excluding hydrogens is 254 g/mol. The standard InChI is InChI=1S/C15H17N3O2/c1-11-8-13(17-20-11)14-5-3-7-18(14)15(19)9-12-4-2-6-16-10-12/h2,4,6,8,10,14H,3,5,7,9H2,1H3. The molecule has 1 aliphatic heterocycles. The number of aryl methyl sites for hydroxylation is 1. The van der Waals surface area contributed by atoms with E-state index in [-0.39, 0.29) is 11.9 Å². The highest BCUT2D eigenvalue weighted by atomic mass is 16.5. The molecule has 0 spiro atoms. The summed E-state index contributed by atoms with van der Waals surface area (Å²) in [6.07, 6.45) is 5.80. The second-order valence-corrected chi connectivity index (χ2v) is 5.15. The largest absolute Gasteiger partial charge is 0.361 e. The molecule has 1 aliphatic rings. The van der Waals surface area contributed by atoms with E-state index in [0.29, 0.717) is 6.42 Å². The zero-order chi connectivity index (χ0) is 13.9. The molecule has 0 bridgehead atoms. The number of nitrogens with zero attached hydrogens (tertiary/aromatic N) is 3. The minimum Gasteiger partial charge on any atom is -0.361 e. The fraction of sp³-hybridized carbons (Fsp3) is 0.400. The Morgan fingerprint density at radius 3 is 3.15 bits per heavy atom. The minimum atomic E-state index is 0.0524. The van der Waals surface area contributed by atoms with E-state index in [1.54, 1.807) is 12.4 Å². The average Bonchev–Trinajstić information content (AvgIpc) is 3.08. The number of likely N-dealkylation sites (tertiary alicyclic amines) is 1. The number of carbonyl (C=O) groups is 1. The first-order chi connectivity index (χ1) is 9.74. The van der Waals surface area contributed by atoms with Crippen molar-refractivity contribution in [1.29, 1.82) is 0 Å². The molecule has 20 heavy (non-hydrogen) atoms. The number of aromatic nitrogens is 2. The Balaban J connectivity index is 1.73. The van der Waals surface area contributed by atoms with Crippen LogP contribution in [0.15, 0.2) is 35.1 Å². The summed E-state index contributed by atoms with van der Waals surface area (Å²) in [6.45, 7) is 2.66. The fourth-order valence-electron chi connectivity index (χ4n) is 2.69. The Bertz CT molecular complexity index is 594. The van der Waals surface area contributed by atoms with E-state index in [9.17, 15) is 4.79 Å². The van der Waals surface area contributed by atoms with Gasteiger partial charge in [-0.1, -0.05) is 11.2 Å². The van der Waals surface area contributed by atoms with Crippen molar-refractivity contribution in [2.24, 2.45) is 0 Å². The Morgan fingerprint density at radius 2 is 2.45 bits per heavy atom. The van der Waals surface area contributed by atoms with Crippen LogP contribution in [0.2, 0.25) is 0 Å². The predicted octanol–water partition coefficient (Wildman–Crippen LogP) is 2.28. The van der Waals surface area contributed by atoms with Crippen LogP contribution < -0.4 is 0 Å². The predicted molar refractivity (Wildman–Crippen MR) is 72.9 cm³/mol. The van der Waals surface area contributed by atoms with Crippen molar-refractivity contribution >= 4 is 5.91 Å². The quantitative estimate of drug-likeness (QED) is 0.859. The first-order valence-corrected chi connectivity index (χ1v) is 6.85. The van der Waals surface area contributed by atoms with Gasteiger partial charge in [-0.15, -0.1) is 0 Å². The lowest BCUT2D eigenvalue weighted by Gasteiger charge is -2.23. The highest BCUT2D eigenvalue weighted by molar-refractivity contribution is 5.79. The fourth-order valence-corrected chi connectivity index (χ4v) is 2.69. The number of rotatable bonds is 3. The minimum absolute atomic E-state index is 0.0524. The maximum Gasteiger partial charge on any atom is 0.227 e. The molecule has 0 aliphatic carbocycles. The molecule has 0 aromatic carbocycles. The Kier molecular flexibility index (Phi) is 3.50. The molecule has 0 N–H and O–H groups in total. The molecule has 0 radical (unpaired) electrons. The SMILES string of the molecule is Cc1cc(C2CCCN2C(=O)Cc2cccnc2)no1. The monoisotopic (exact) mass is 271 g/mol. The van der Waals surface area contributed by atoms with Crippen LogP contribution >= 0.6 is 0 Å². The van der Waals surface area contributed by atoms with Gasteiger partial charge in [-0.2, -0.15) is 0 Å². The Hall–Kier alpha value is -2.17. The van der Waals surface area contributed by atoms with Gasteiger partial charge in [0.15, 0.2) is 0 Å². The van der Waals surface area contributed by atoms with Crippen molar-refractivity contribution in [3.63, 3.8) is 0 Å². The van der Waals surface area contributed by atoms with Gasteiger partial charge in [0.05, 0.1) is 12.5 Å². The van der Waals surface area contributed by atoms with Crippen molar-refractivity contribution in [1.82, 2.24) is 15.0 Å². The molecule has 3 heterocycles. The molecule has 1 fully saturated rings. The van der Waals surface area contributed by atoms with Crippen LogP contribution in [0.3, 0.4) is 0 Å². The Morgan fingerprint density at radius 1 is 1.55 bits per heavy atom. The maximum atomic E-state index is 12.4. The van der Waals surface area contributed by atoms with Crippen LogP contribution in [-0.2, 0) is 11.2 Å². The first-order valence-electron chi connectivity index (χ1n) is 6.85. The van der Waals surface area contributed by atoms with Gasteiger partial charge in [0, 0.05) is 25.0 Å². The summed E-state index contributed by atoms with van der Waals surface area (Å²) in [5, 5.41) is 4.06. The van der Waals surface area contributed by atoms with Gasteiger partial charge < -0.3 is 9.42 Å². The zero-order valence-corrected chi connectivity index (χ0v) is 11.5. The van der Waals surface area contributed by atoms with Gasteiger partial charge in [-0.3, -0.25) is 9.78 Å². The van der Waals surface area contributed by atoms with Gasteiger partial charge in [0.1, 0.15) is 11.5 Å². The molecule has 1 atom stereocenters. The summed E-state index contributed by atoms with van der Waals surface area (Å²) in [5.74, 6) is 0.910. The van der Waals surface area contributed by atoms with E-state index in [2.05, 4.69) is 10.1 Å². The number of pyridine rings is 1. The summed E-state index contributed by atoms with van der Waals surface area (Å²) in [7, 11) is 0. The molecular formula is C15H17N3O2. The summed E-state index contributed by atoms with van der Waals surface area (Å²) in [6, 6.07) is 5.75. The van der Waals surface area contributed by atoms with Crippen LogP contribution in [0.1, 0.15) is 35.9 Å². The van der Waals surface area contributed by atoms with Crippen LogP contribution in [-0.4, -0.2) is 27.5 Å². The van der Waals surface area contributed by atoms with Crippen molar-refractivity contribution in [3.8, 4) is 0 Å². The van der Waals surface area contributed by atoms with Gasteiger partial charge in [-0.05, 0) is 31.4 Å². The maximum absolute atomic E-state index is 12.4. The third kappa shape index (κ3) is 2.57. The van der Waals surface area contributed by atoms with Crippen molar-refractivity contribution in [2.45, 2.75) is 32.2 Å². The summed E-state index contributed by atoms with van der Waals surface area (Å²) < 4.78 is 5.13. The molecule has 0 saturated carbocycles. The second kappa shape index (κ2) is 5.45. The smallest absolute Gasteiger partial charge is 0.227 e. The molecule has 5 heteroatoms. The van der Waals surface area contributed by atoms with Crippen molar-refractivity contribution < 1.29 is 9.32 Å². The lowest BCUT2D eigenvalue weighted by Crippen LogP contribution is -2.32. The van der Waals surface area contributed by atoms with Gasteiger partial charge in [0.2, 0.25) is 5.91 Å². The highest BCUT2D eigenvalue weighted by Crippen LogP contribution is 2.31. The van der Waals surface area contributed by atoms with E-state index >= 15 is 0 Å². The number of hydrogen-bond acceptors (Lipinski definition) is 4. The highest BCUT2D eigenvalue weighted by Gasteiger charge is 2.31. The molecule has 2 aromatic rings. The van der Waals surface area contributed by atoms with Gasteiger partial charge >= 0.3 is 0 Å². The molecule has 1 saturated heterocycles. The van der Waals surface area contributed by atoms with Gasteiger partial charge in [0.25, 0.3) is 0 Å². The summed E-state index contributed by atoms with van der Waals surface area (Å²) in [4.78, 5) is 18.4. The van der Waals surface area contributed by atoms with Crippen molar-refractivity contribution in [3.05, 3.63) is 47.6 Å². The second-order valence-electron chi connectivity index (χ2n) is 5.15. The number of amides is 1. The normalized spacial score (nSPS) is 18.4. The molecule has 104 valence electrons. The van der Waals surface area contributed by atoms with Crippen LogP contribution in [0, 0.1) is 6.92 Å². The lowest BCUT2D eigenvalue weighted by molar-refractivity contribution is -0.131. The van der Waals surface area contributed by atoms with E-state index < -0.39 is 0 Å². The van der Waals surface area contributed by atoms with Crippen LogP contribution in [0.25, 0.3) is 0 Å². The average molecular weight is 271 g/mol. The lowest BCUT2D eigenvalue weighted by atomic mass is 10.1. The summed E-state index contributed by atoms with van der Waals surface area (Å²) >= 11 is 0. The van der Waals surface area contributed by atoms with E-state index in [1.165, 1.54) is 0 Å². The molecule has 5 nitrogen and oxygen atoms in total. The van der Waals surface area contributed by atoms with E-state index in [4.69, 9.17) is 4.52 Å². The van der Waals surface area contributed by atoms with E-state index in [1.807, 2.05) is 30.0 Å². The van der Waals surface area contributed by atoms with Crippen LogP contribution in [0.4, 0.5) is 0 Å². The molecule has 3 rings (SSSR count). The van der Waals surface area contributed by atoms with E-state index in [0.717, 1.165) is 36.4 Å². The van der Waals surface area contributed by atoms with Crippen LogP contribution in [0.5, 0.6) is 0 Å². The summed E-state index contributed by atoms with van der Waals surface area (Å²) in [5.41, 5.74) is 1.80. The Labute approximate surface area is 117 Å².